The summed E-state index contributed by atoms with van der Waals surface area (Å²) in [5.41, 5.74) is 3.28. The van der Waals surface area contributed by atoms with Crippen LogP contribution in [0.25, 0.3) is 10.9 Å². The number of anilines is 1. The first-order valence-corrected chi connectivity index (χ1v) is 8.83. The normalized spacial score (nSPS) is 10.9. The van der Waals surface area contributed by atoms with E-state index in [1.54, 1.807) is 54.9 Å². The number of hydrogen-bond acceptors (Lipinski definition) is 3. The molecule has 0 spiro atoms. The topological polar surface area (TPSA) is 67.2 Å². The number of aromatic nitrogens is 2. The summed E-state index contributed by atoms with van der Waals surface area (Å²) in [7, 11) is 0. The summed E-state index contributed by atoms with van der Waals surface area (Å²) in [5, 5.41) is 13.6. The summed E-state index contributed by atoms with van der Waals surface area (Å²) in [6, 6.07) is 14.8. The summed E-state index contributed by atoms with van der Waals surface area (Å²) < 4.78 is 15.1. The number of phenols is 1. The predicted octanol–water partition coefficient (Wildman–Crippen LogP) is 4.11. The Morgan fingerprint density at radius 2 is 1.82 bits per heavy atom. The van der Waals surface area contributed by atoms with Crippen LogP contribution in [0.1, 0.15) is 11.1 Å². The second kappa shape index (κ2) is 7.52. The number of pyridine rings is 1. The van der Waals surface area contributed by atoms with Gasteiger partial charge in [-0.1, -0.05) is 12.1 Å². The number of carbonyl (C=O) groups excluding carboxylic acids is 1. The van der Waals surface area contributed by atoms with Crippen LogP contribution in [-0.4, -0.2) is 20.6 Å². The molecule has 0 saturated carbocycles. The number of fused-ring (bicyclic) bond motifs is 1. The molecule has 0 unspecified atom stereocenters. The number of phenolic OH excluding ortho intramolecular Hbond substituents is 1. The quantitative estimate of drug-likeness (QED) is 0.552. The van der Waals surface area contributed by atoms with E-state index in [0.29, 0.717) is 12.2 Å². The number of halogens is 1. The lowest BCUT2D eigenvalue weighted by Gasteiger charge is -2.06. The van der Waals surface area contributed by atoms with Crippen LogP contribution < -0.4 is 5.32 Å². The fourth-order valence-electron chi connectivity index (χ4n) is 3.23. The van der Waals surface area contributed by atoms with Crippen LogP contribution in [-0.2, 0) is 17.8 Å². The van der Waals surface area contributed by atoms with Gasteiger partial charge >= 0.3 is 0 Å². The molecule has 0 bridgehead atoms. The predicted molar refractivity (Wildman–Crippen MR) is 106 cm³/mol. The van der Waals surface area contributed by atoms with Crippen LogP contribution in [0, 0.1) is 5.82 Å². The van der Waals surface area contributed by atoms with E-state index in [4.69, 9.17) is 0 Å². The number of amides is 1. The van der Waals surface area contributed by atoms with Crippen molar-refractivity contribution in [2.24, 2.45) is 0 Å². The zero-order valence-electron chi connectivity index (χ0n) is 15.0. The van der Waals surface area contributed by atoms with Gasteiger partial charge in [0.2, 0.25) is 5.91 Å². The highest BCUT2D eigenvalue weighted by molar-refractivity contribution is 5.96. The van der Waals surface area contributed by atoms with E-state index in [0.717, 1.165) is 22.0 Å². The van der Waals surface area contributed by atoms with Gasteiger partial charge in [0.05, 0.1) is 11.9 Å². The first-order valence-electron chi connectivity index (χ1n) is 8.83. The Morgan fingerprint density at radius 3 is 2.57 bits per heavy atom. The van der Waals surface area contributed by atoms with E-state index in [-0.39, 0.29) is 23.9 Å². The van der Waals surface area contributed by atoms with Crippen molar-refractivity contribution in [1.29, 1.82) is 0 Å². The molecule has 0 saturated heterocycles. The maximum atomic E-state index is 13.2. The molecule has 6 heteroatoms. The van der Waals surface area contributed by atoms with Gasteiger partial charge in [-0.3, -0.25) is 9.78 Å². The molecule has 2 aromatic carbocycles. The van der Waals surface area contributed by atoms with Crippen molar-refractivity contribution in [2.75, 3.05) is 5.32 Å². The zero-order chi connectivity index (χ0) is 19.5. The highest BCUT2D eigenvalue weighted by atomic mass is 19.1. The lowest BCUT2D eigenvalue weighted by Crippen LogP contribution is -2.14. The van der Waals surface area contributed by atoms with E-state index in [9.17, 15) is 14.3 Å². The molecule has 0 radical (unpaired) electrons. The summed E-state index contributed by atoms with van der Waals surface area (Å²) in [6.07, 6.45) is 5.33. The minimum Gasteiger partial charge on any atom is -0.508 e. The molecule has 0 atom stereocenters. The molecule has 5 nitrogen and oxygen atoms in total. The molecule has 4 rings (SSSR count). The third kappa shape index (κ3) is 3.86. The van der Waals surface area contributed by atoms with E-state index in [2.05, 4.69) is 10.3 Å². The lowest BCUT2D eigenvalue weighted by molar-refractivity contribution is -0.115. The van der Waals surface area contributed by atoms with Crippen LogP contribution in [0.2, 0.25) is 0 Å². The molecule has 0 aliphatic heterocycles. The molecule has 2 N–H and O–H groups in total. The molecule has 0 aliphatic carbocycles. The van der Waals surface area contributed by atoms with E-state index < -0.39 is 0 Å². The molecule has 2 aromatic heterocycles. The van der Waals surface area contributed by atoms with Crippen molar-refractivity contribution < 1.29 is 14.3 Å². The largest absolute Gasteiger partial charge is 0.508 e. The Labute approximate surface area is 161 Å². The molecule has 4 aromatic rings. The number of nitrogens with one attached hydrogen (secondary N) is 1. The average Bonchev–Trinajstić information content (AvgIpc) is 3.00. The maximum Gasteiger partial charge on any atom is 0.228 e. The summed E-state index contributed by atoms with van der Waals surface area (Å²) in [4.78, 5) is 16.4. The summed E-state index contributed by atoms with van der Waals surface area (Å²) in [5.74, 6) is -0.272. The Bertz CT molecular complexity index is 1120. The van der Waals surface area contributed by atoms with Crippen LogP contribution in [0.15, 0.2) is 73.2 Å². The van der Waals surface area contributed by atoms with Crippen LogP contribution in [0.3, 0.4) is 0 Å². The Morgan fingerprint density at radius 1 is 1.07 bits per heavy atom. The standard InChI is InChI=1S/C22H18FN3O2/c23-17-3-1-15(2-4-17)13-26-14-16(20-6-5-19(27)12-21(20)26)11-22(28)25-18-7-9-24-10-8-18/h1-10,12,14,27H,11,13H2,(H,24,25,28). The van der Waals surface area contributed by atoms with Gasteiger partial charge in [0.25, 0.3) is 0 Å². The van der Waals surface area contributed by atoms with E-state index >= 15 is 0 Å². The number of aromatic hydroxyl groups is 1. The third-order valence-corrected chi connectivity index (χ3v) is 4.53. The van der Waals surface area contributed by atoms with Crippen molar-refractivity contribution >= 4 is 22.5 Å². The summed E-state index contributed by atoms with van der Waals surface area (Å²) >= 11 is 0. The summed E-state index contributed by atoms with van der Waals surface area (Å²) in [6.45, 7) is 0.506. The first kappa shape index (κ1) is 17.7. The minimum atomic E-state index is -0.285. The molecular weight excluding hydrogens is 357 g/mol. The Hall–Kier alpha value is -3.67. The molecule has 28 heavy (non-hydrogen) atoms. The maximum absolute atomic E-state index is 13.2. The smallest absolute Gasteiger partial charge is 0.228 e. The van der Waals surface area contributed by atoms with E-state index in [1.807, 2.05) is 10.8 Å². The van der Waals surface area contributed by atoms with Gasteiger partial charge in [0, 0.05) is 42.3 Å². The minimum absolute atomic E-state index is 0.139. The highest BCUT2D eigenvalue weighted by Gasteiger charge is 2.13. The molecular formula is C22H18FN3O2. The number of benzene rings is 2. The molecule has 2 heterocycles. The van der Waals surface area contributed by atoms with Crippen molar-refractivity contribution in [3.8, 4) is 5.75 Å². The number of nitrogens with zero attached hydrogens (tertiary/aromatic N) is 2. The van der Waals surface area contributed by atoms with Gasteiger partial charge in [-0.2, -0.15) is 0 Å². The van der Waals surface area contributed by atoms with Gasteiger partial charge in [-0.15, -0.1) is 0 Å². The van der Waals surface area contributed by atoms with Gasteiger partial charge in [0.15, 0.2) is 0 Å². The SMILES string of the molecule is O=C(Cc1cn(Cc2ccc(F)cc2)c2cc(O)ccc12)Nc1ccncc1. The zero-order valence-corrected chi connectivity index (χ0v) is 15.0. The van der Waals surface area contributed by atoms with Crippen LogP contribution >= 0.6 is 0 Å². The Balaban J connectivity index is 1.63. The monoisotopic (exact) mass is 375 g/mol. The number of hydrogen-bond donors (Lipinski definition) is 2. The third-order valence-electron chi connectivity index (χ3n) is 4.53. The van der Waals surface area contributed by atoms with Crippen LogP contribution in [0.4, 0.5) is 10.1 Å². The van der Waals surface area contributed by atoms with E-state index in [1.165, 1.54) is 12.1 Å². The van der Waals surface area contributed by atoms with Crippen molar-refractivity contribution in [1.82, 2.24) is 9.55 Å². The lowest BCUT2D eigenvalue weighted by atomic mass is 10.1. The fraction of sp³-hybridized carbons (Fsp3) is 0.0909. The van der Waals surface area contributed by atoms with Gasteiger partial charge in [-0.25, -0.2) is 4.39 Å². The molecule has 1 amide bonds. The number of rotatable bonds is 5. The fourth-order valence-corrected chi connectivity index (χ4v) is 3.23. The average molecular weight is 375 g/mol. The second-order valence-corrected chi connectivity index (χ2v) is 6.57. The second-order valence-electron chi connectivity index (χ2n) is 6.57. The van der Waals surface area contributed by atoms with Gasteiger partial charge in [0.1, 0.15) is 11.6 Å². The van der Waals surface area contributed by atoms with Gasteiger partial charge < -0.3 is 15.0 Å². The Kier molecular flexibility index (Phi) is 4.76. The van der Waals surface area contributed by atoms with Gasteiger partial charge in [-0.05, 0) is 47.5 Å². The van der Waals surface area contributed by atoms with Crippen LogP contribution in [0.5, 0.6) is 5.75 Å². The van der Waals surface area contributed by atoms with Crippen molar-refractivity contribution in [2.45, 2.75) is 13.0 Å². The first-order chi connectivity index (χ1) is 13.6. The van der Waals surface area contributed by atoms with Crippen molar-refractivity contribution in [3.05, 3.63) is 90.1 Å². The van der Waals surface area contributed by atoms with Crippen molar-refractivity contribution in [3.63, 3.8) is 0 Å². The molecule has 0 aliphatic rings. The molecule has 140 valence electrons. The highest BCUT2D eigenvalue weighted by Crippen LogP contribution is 2.27. The number of carbonyl (C=O) groups is 1. The molecule has 0 fully saturated rings.